The van der Waals surface area contributed by atoms with Gasteiger partial charge in [-0.05, 0) is 62.4 Å². The van der Waals surface area contributed by atoms with Crippen LogP contribution < -0.4 is 20.1 Å². The number of nitrogens with one attached hydrogen (secondary N) is 2. The van der Waals surface area contributed by atoms with Crippen LogP contribution in [0.15, 0.2) is 36.4 Å². The summed E-state index contributed by atoms with van der Waals surface area (Å²) in [5.41, 5.74) is 5.84. The van der Waals surface area contributed by atoms with E-state index in [1.807, 2.05) is 12.1 Å². The Morgan fingerprint density at radius 3 is 2.15 bits per heavy atom. The predicted octanol–water partition coefficient (Wildman–Crippen LogP) is 4.63. The monoisotopic (exact) mass is 462 g/mol. The van der Waals surface area contributed by atoms with Crippen molar-refractivity contribution < 1.29 is 9.47 Å². The number of methoxy groups -OCH3 is 2. The van der Waals surface area contributed by atoms with Crippen molar-refractivity contribution in [2.45, 2.75) is 46.2 Å². The first-order chi connectivity index (χ1) is 16.4. The summed E-state index contributed by atoms with van der Waals surface area (Å²) in [5.74, 6) is 1.90. The smallest absolute Gasteiger partial charge is 0.322 e. The highest BCUT2D eigenvalue weighted by atomic mass is 16.5. The Kier molecular flexibility index (Phi) is 7.47. The predicted molar refractivity (Wildman–Crippen MR) is 135 cm³/mol. The molecule has 34 heavy (non-hydrogen) atoms. The first-order valence-corrected chi connectivity index (χ1v) is 11.7. The summed E-state index contributed by atoms with van der Waals surface area (Å²) in [4.78, 5) is 15.9. The fourth-order valence-electron chi connectivity index (χ4n) is 4.46. The van der Waals surface area contributed by atoms with Crippen LogP contribution >= 0.6 is 0 Å². The molecule has 0 amide bonds. The molecule has 3 aromatic rings. The van der Waals surface area contributed by atoms with E-state index >= 15 is 0 Å². The number of hydrogen-bond acceptors (Lipinski definition) is 8. The summed E-state index contributed by atoms with van der Waals surface area (Å²) in [6, 6.07) is 13.2. The number of piperidine rings is 1. The molecule has 0 radical (unpaired) electrons. The summed E-state index contributed by atoms with van der Waals surface area (Å²) < 4.78 is 10.6. The normalized spacial score (nSPS) is 14.6. The number of anilines is 3. The molecule has 2 N–H and O–H groups in total. The van der Waals surface area contributed by atoms with Crippen LogP contribution in [0, 0.1) is 20.8 Å². The zero-order valence-corrected chi connectivity index (χ0v) is 20.7. The highest BCUT2D eigenvalue weighted by Gasteiger charge is 2.21. The van der Waals surface area contributed by atoms with Crippen LogP contribution in [0.4, 0.5) is 17.6 Å². The Morgan fingerprint density at radius 1 is 0.882 bits per heavy atom. The van der Waals surface area contributed by atoms with Crippen molar-refractivity contribution in [1.29, 1.82) is 0 Å². The highest BCUT2D eigenvalue weighted by molar-refractivity contribution is 5.64. The van der Waals surface area contributed by atoms with Gasteiger partial charge in [0.2, 0.25) is 11.9 Å². The zero-order valence-electron chi connectivity index (χ0n) is 20.7. The fourth-order valence-corrected chi connectivity index (χ4v) is 4.46. The molecule has 8 heteroatoms. The quantitative estimate of drug-likeness (QED) is 0.501. The van der Waals surface area contributed by atoms with Crippen molar-refractivity contribution >= 4 is 17.6 Å². The van der Waals surface area contributed by atoms with Gasteiger partial charge in [0.1, 0.15) is 5.75 Å². The van der Waals surface area contributed by atoms with Gasteiger partial charge >= 0.3 is 6.01 Å². The third-order valence-electron chi connectivity index (χ3n) is 6.20. The lowest BCUT2D eigenvalue weighted by molar-refractivity contribution is 0.211. The minimum Gasteiger partial charge on any atom is -0.497 e. The molecular formula is C26H34N6O2. The molecule has 0 spiro atoms. The van der Waals surface area contributed by atoms with Gasteiger partial charge in [0.05, 0.1) is 14.2 Å². The van der Waals surface area contributed by atoms with Crippen molar-refractivity contribution in [2.75, 3.05) is 37.9 Å². The van der Waals surface area contributed by atoms with Crippen molar-refractivity contribution in [3.05, 3.63) is 58.7 Å². The summed E-state index contributed by atoms with van der Waals surface area (Å²) in [5, 5.41) is 6.86. The first kappa shape index (κ1) is 23.8. The second kappa shape index (κ2) is 10.7. The molecule has 0 unspecified atom stereocenters. The zero-order chi connectivity index (χ0) is 24.1. The van der Waals surface area contributed by atoms with Gasteiger partial charge in [0.15, 0.2) is 0 Å². The Balaban J connectivity index is 1.38. The highest BCUT2D eigenvalue weighted by Crippen LogP contribution is 2.26. The lowest BCUT2D eigenvalue weighted by atomic mass is 10.0. The van der Waals surface area contributed by atoms with E-state index in [0.29, 0.717) is 23.9 Å². The Labute approximate surface area is 201 Å². The van der Waals surface area contributed by atoms with E-state index < -0.39 is 0 Å². The van der Waals surface area contributed by atoms with Gasteiger partial charge < -0.3 is 20.1 Å². The first-order valence-electron chi connectivity index (χ1n) is 11.7. The molecule has 0 aliphatic carbocycles. The van der Waals surface area contributed by atoms with Gasteiger partial charge in [0.25, 0.3) is 0 Å². The number of ether oxygens (including phenoxy) is 2. The van der Waals surface area contributed by atoms with Gasteiger partial charge in [-0.15, -0.1) is 0 Å². The molecule has 4 rings (SSSR count). The molecule has 8 nitrogen and oxygen atoms in total. The molecule has 1 aliphatic heterocycles. The largest absolute Gasteiger partial charge is 0.497 e. The van der Waals surface area contributed by atoms with Crippen LogP contribution in [0.2, 0.25) is 0 Å². The van der Waals surface area contributed by atoms with Crippen molar-refractivity contribution in [3.63, 3.8) is 0 Å². The van der Waals surface area contributed by atoms with Gasteiger partial charge in [-0.3, -0.25) is 4.90 Å². The maximum atomic E-state index is 5.34. The van der Waals surface area contributed by atoms with Gasteiger partial charge in [-0.25, -0.2) is 0 Å². The van der Waals surface area contributed by atoms with Crippen LogP contribution in [0.5, 0.6) is 11.8 Å². The van der Waals surface area contributed by atoms with Crippen LogP contribution in [-0.2, 0) is 6.54 Å². The molecule has 0 saturated carbocycles. The van der Waals surface area contributed by atoms with E-state index in [1.54, 1.807) is 14.2 Å². The van der Waals surface area contributed by atoms with Crippen molar-refractivity contribution in [2.24, 2.45) is 0 Å². The summed E-state index contributed by atoms with van der Waals surface area (Å²) >= 11 is 0. The van der Waals surface area contributed by atoms with Crippen LogP contribution in [0.25, 0.3) is 0 Å². The molecule has 2 aromatic carbocycles. The number of hydrogen-bond donors (Lipinski definition) is 2. The third kappa shape index (κ3) is 5.94. The topological polar surface area (TPSA) is 84.4 Å². The average molecular weight is 463 g/mol. The van der Waals surface area contributed by atoms with E-state index in [1.165, 1.54) is 11.1 Å². The Hall–Kier alpha value is -3.39. The number of aryl methyl sites for hydroxylation is 3. The number of benzene rings is 2. The molecule has 1 aromatic heterocycles. The van der Waals surface area contributed by atoms with Gasteiger partial charge in [0, 0.05) is 31.4 Å². The fraction of sp³-hybridized carbons (Fsp3) is 0.423. The lowest BCUT2D eigenvalue weighted by Gasteiger charge is -2.32. The minimum absolute atomic E-state index is 0.291. The summed E-state index contributed by atoms with van der Waals surface area (Å²) in [6.07, 6.45) is 2.03. The number of likely N-dealkylation sites (tertiary alicyclic amines) is 1. The number of rotatable bonds is 8. The molecular weight excluding hydrogens is 428 g/mol. The van der Waals surface area contributed by atoms with Gasteiger partial charge in [-0.2, -0.15) is 15.0 Å². The second-order valence-electron chi connectivity index (χ2n) is 8.91. The van der Waals surface area contributed by atoms with E-state index in [0.717, 1.165) is 55.0 Å². The Morgan fingerprint density at radius 2 is 1.53 bits per heavy atom. The summed E-state index contributed by atoms with van der Waals surface area (Å²) in [7, 11) is 3.27. The molecule has 180 valence electrons. The molecule has 0 atom stereocenters. The van der Waals surface area contributed by atoms with E-state index in [9.17, 15) is 0 Å². The SMILES string of the molecule is COc1ccc(CN2CCC(Nc3nc(Nc4c(C)cc(C)cc4C)nc(OC)n3)CC2)cc1. The van der Waals surface area contributed by atoms with E-state index in [2.05, 4.69) is 75.5 Å². The van der Waals surface area contributed by atoms with E-state index in [-0.39, 0.29) is 0 Å². The lowest BCUT2D eigenvalue weighted by Crippen LogP contribution is -2.39. The van der Waals surface area contributed by atoms with E-state index in [4.69, 9.17) is 9.47 Å². The van der Waals surface area contributed by atoms with Crippen LogP contribution in [0.3, 0.4) is 0 Å². The van der Waals surface area contributed by atoms with Crippen LogP contribution in [-0.4, -0.2) is 53.2 Å². The maximum absolute atomic E-state index is 5.34. The minimum atomic E-state index is 0.291. The average Bonchev–Trinajstić information content (AvgIpc) is 2.83. The number of nitrogens with zero attached hydrogens (tertiary/aromatic N) is 4. The molecule has 1 aliphatic rings. The van der Waals surface area contributed by atoms with Crippen LogP contribution in [0.1, 0.15) is 35.1 Å². The molecule has 0 bridgehead atoms. The van der Waals surface area contributed by atoms with Gasteiger partial charge in [-0.1, -0.05) is 29.8 Å². The Bertz CT molecular complexity index is 1090. The third-order valence-corrected chi connectivity index (χ3v) is 6.20. The number of aromatic nitrogens is 3. The maximum Gasteiger partial charge on any atom is 0.322 e. The standard InChI is InChI=1S/C26H34N6O2/c1-17-14-18(2)23(19(3)15-17)28-25-29-24(30-26(31-25)34-5)27-21-10-12-32(13-11-21)16-20-6-8-22(33-4)9-7-20/h6-9,14-15,21H,10-13,16H2,1-5H3,(H2,27,28,29,30,31). The van der Waals surface area contributed by atoms with Crippen molar-refractivity contribution in [1.82, 2.24) is 19.9 Å². The molecule has 1 fully saturated rings. The second-order valence-corrected chi connectivity index (χ2v) is 8.91. The van der Waals surface area contributed by atoms with Crippen molar-refractivity contribution in [3.8, 4) is 11.8 Å². The molecule has 1 saturated heterocycles. The summed E-state index contributed by atoms with van der Waals surface area (Å²) in [6.45, 7) is 9.23. The molecule has 2 heterocycles.